The van der Waals surface area contributed by atoms with Gasteiger partial charge in [0.25, 0.3) is 0 Å². The monoisotopic (exact) mass is 292 g/mol. The Bertz CT molecular complexity index is 585. The molecule has 0 bridgehead atoms. The van der Waals surface area contributed by atoms with Crippen molar-refractivity contribution in [2.24, 2.45) is 0 Å². The van der Waals surface area contributed by atoms with Gasteiger partial charge in [-0.3, -0.25) is 4.90 Å². The van der Waals surface area contributed by atoms with Gasteiger partial charge in [0.1, 0.15) is 12.1 Å². The van der Waals surface area contributed by atoms with Crippen molar-refractivity contribution in [3.63, 3.8) is 0 Å². The van der Waals surface area contributed by atoms with Crippen molar-refractivity contribution in [1.82, 2.24) is 9.88 Å². The van der Waals surface area contributed by atoms with Crippen LogP contribution in [0.25, 0.3) is 11.5 Å². The number of nitrogens with zero attached hydrogens (tertiary/aromatic N) is 2. The van der Waals surface area contributed by atoms with Gasteiger partial charge in [-0.1, -0.05) is 0 Å². The van der Waals surface area contributed by atoms with E-state index >= 15 is 0 Å². The largest absolute Gasteiger partial charge is 0.444 e. The first kappa shape index (κ1) is 14.2. The molecule has 0 amide bonds. The number of hydrogen-bond acceptors (Lipinski definition) is 5. The van der Waals surface area contributed by atoms with Gasteiger partial charge in [-0.25, -0.2) is 9.37 Å². The molecule has 1 aliphatic rings. The lowest BCUT2D eigenvalue weighted by Crippen LogP contribution is -2.46. The number of benzene rings is 1. The Balaban J connectivity index is 1.71. The summed E-state index contributed by atoms with van der Waals surface area (Å²) in [6.45, 7) is 2.59. The summed E-state index contributed by atoms with van der Waals surface area (Å²) in [5.41, 5.74) is 1.53. The molecule has 21 heavy (non-hydrogen) atoms. The molecule has 0 spiro atoms. The molecule has 2 aromatic rings. The summed E-state index contributed by atoms with van der Waals surface area (Å²) < 4.78 is 23.7. The zero-order valence-corrected chi connectivity index (χ0v) is 11.5. The molecular weight excluding hydrogens is 275 g/mol. The second kappa shape index (κ2) is 6.34. The number of oxazole rings is 1. The second-order valence-electron chi connectivity index (χ2n) is 5.03. The molecule has 1 N–H and O–H groups in total. The molecule has 1 aromatic heterocycles. The normalized spacial score (nSPS) is 19.8. The summed E-state index contributed by atoms with van der Waals surface area (Å²) in [4.78, 5) is 6.54. The quantitative estimate of drug-likeness (QED) is 0.929. The second-order valence-corrected chi connectivity index (χ2v) is 5.03. The Hall–Kier alpha value is -1.76. The van der Waals surface area contributed by atoms with Gasteiger partial charge in [0, 0.05) is 18.7 Å². The Morgan fingerprint density at radius 1 is 1.33 bits per heavy atom. The fraction of sp³-hybridized carbons (Fsp3) is 0.400. The van der Waals surface area contributed by atoms with Gasteiger partial charge in [-0.15, -0.1) is 0 Å². The first-order valence-corrected chi connectivity index (χ1v) is 6.89. The van der Waals surface area contributed by atoms with E-state index in [2.05, 4.69) is 9.88 Å². The fourth-order valence-electron chi connectivity index (χ4n) is 2.38. The first-order valence-electron chi connectivity index (χ1n) is 6.89. The summed E-state index contributed by atoms with van der Waals surface area (Å²) >= 11 is 0. The van der Waals surface area contributed by atoms with Crippen LogP contribution in [0.1, 0.15) is 5.69 Å². The van der Waals surface area contributed by atoms with E-state index in [1.54, 1.807) is 18.4 Å². The third-order valence-corrected chi connectivity index (χ3v) is 3.57. The zero-order chi connectivity index (χ0) is 14.7. The van der Waals surface area contributed by atoms with Crippen molar-refractivity contribution in [2.45, 2.75) is 12.6 Å². The predicted octanol–water partition coefficient (Wildman–Crippen LogP) is 1.67. The van der Waals surface area contributed by atoms with E-state index in [-0.39, 0.29) is 18.5 Å². The van der Waals surface area contributed by atoms with Crippen LogP contribution < -0.4 is 0 Å². The van der Waals surface area contributed by atoms with Crippen LogP contribution in [0.5, 0.6) is 0 Å². The van der Waals surface area contributed by atoms with E-state index in [4.69, 9.17) is 9.15 Å². The third-order valence-electron chi connectivity index (χ3n) is 3.57. The van der Waals surface area contributed by atoms with E-state index in [1.165, 1.54) is 12.1 Å². The molecule has 0 saturated carbocycles. The standard InChI is InChI=1S/C15H17FN2O3/c16-12-3-1-11(2-4-12)15-17-13(9-21-15)7-18-5-6-20-10-14(18)8-19/h1-4,9,14,19H,5-8,10H2. The predicted molar refractivity (Wildman–Crippen MR) is 74.0 cm³/mol. The van der Waals surface area contributed by atoms with Crippen molar-refractivity contribution in [3.05, 3.63) is 42.0 Å². The van der Waals surface area contributed by atoms with Crippen LogP contribution >= 0.6 is 0 Å². The summed E-state index contributed by atoms with van der Waals surface area (Å²) in [6, 6.07) is 6.02. The van der Waals surface area contributed by atoms with Crippen LogP contribution in [0.15, 0.2) is 34.9 Å². The van der Waals surface area contributed by atoms with Crippen molar-refractivity contribution in [2.75, 3.05) is 26.4 Å². The molecule has 1 unspecified atom stereocenters. The van der Waals surface area contributed by atoms with Gasteiger partial charge in [0.05, 0.1) is 31.6 Å². The Morgan fingerprint density at radius 2 is 2.14 bits per heavy atom. The minimum atomic E-state index is -0.287. The van der Waals surface area contributed by atoms with Crippen LogP contribution in [0.4, 0.5) is 4.39 Å². The molecule has 0 aliphatic carbocycles. The van der Waals surface area contributed by atoms with Gasteiger partial charge >= 0.3 is 0 Å². The number of morpholine rings is 1. The molecule has 1 aromatic carbocycles. The average molecular weight is 292 g/mol. The molecule has 3 rings (SSSR count). The highest BCUT2D eigenvalue weighted by Gasteiger charge is 2.23. The number of halogens is 1. The molecule has 2 heterocycles. The topological polar surface area (TPSA) is 58.7 Å². The fourth-order valence-corrected chi connectivity index (χ4v) is 2.38. The van der Waals surface area contributed by atoms with Crippen LogP contribution in [0.2, 0.25) is 0 Å². The summed E-state index contributed by atoms with van der Waals surface area (Å²) in [7, 11) is 0. The minimum Gasteiger partial charge on any atom is -0.444 e. The number of ether oxygens (including phenoxy) is 1. The highest BCUT2D eigenvalue weighted by molar-refractivity contribution is 5.52. The summed E-state index contributed by atoms with van der Waals surface area (Å²) in [5.74, 6) is 0.184. The molecule has 112 valence electrons. The van der Waals surface area contributed by atoms with Gasteiger partial charge in [-0.2, -0.15) is 0 Å². The smallest absolute Gasteiger partial charge is 0.226 e. The van der Waals surface area contributed by atoms with Gasteiger partial charge in [-0.05, 0) is 24.3 Å². The molecule has 1 aliphatic heterocycles. The van der Waals surface area contributed by atoms with E-state index in [0.29, 0.717) is 25.6 Å². The maximum absolute atomic E-state index is 12.9. The number of aromatic nitrogens is 1. The number of hydrogen-bond donors (Lipinski definition) is 1. The lowest BCUT2D eigenvalue weighted by Gasteiger charge is -2.33. The Labute approximate surface area is 122 Å². The van der Waals surface area contributed by atoms with Gasteiger partial charge in [0.2, 0.25) is 5.89 Å². The van der Waals surface area contributed by atoms with Crippen molar-refractivity contribution in [3.8, 4) is 11.5 Å². The highest BCUT2D eigenvalue weighted by Crippen LogP contribution is 2.20. The van der Waals surface area contributed by atoms with Crippen molar-refractivity contribution >= 4 is 0 Å². The number of aliphatic hydroxyl groups is 1. The van der Waals surface area contributed by atoms with E-state index in [9.17, 15) is 9.50 Å². The van der Waals surface area contributed by atoms with Gasteiger partial charge in [0.15, 0.2) is 0 Å². The number of aliphatic hydroxyl groups excluding tert-OH is 1. The summed E-state index contributed by atoms with van der Waals surface area (Å²) in [6.07, 6.45) is 1.60. The molecule has 0 radical (unpaired) electrons. The summed E-state index contributed by atoms with van der Waals surface area (Å²) in [5, 5.41) is 9.35. The van der Waals surface area contributed by atoms with Crippen LogP contribution in [0, 0.1) is 5.82 Å². The minimum absolute atomic E-state index is 0.00952. The third kappa shape index (κ3) is 3.29. The lowest BCUT2D eigenvalue weighted by atomic mass is 10.2. The van der Waals surface area contributed by atoms with Crippen LogP contribution in [-0.2, 0) is 11.3 Å². The van der Waals surface area contributed by atoms with Crippen molar-refractivity contribution in [1.29, 1.82) is 0 Å². The molecular formula is C15H17FN2O3. The Morgan fingerprint density at radius 3 is 2.90 bits per heavy atom. The maximum atomic E-state index is 12.9. The number of rotatable bonds is 4. The van der Waals surface area contributed by atoms with Crippen molar-refractivity contribution < 1.29 is 18.7 Å². The van der Waals surface area contributed by atoms with E-state index in [1.807, 2.05) is 0 Å². The van der Waals surface area contributed by atoms with Gasteiger partial charge < -0.3 is 14.3 Å². The first-order chi connectivity index (χ1) is 10.3. The van der Waals surface area contributed by atoms with E-state index < -0.39 is 0 Å². The molecule has 1 atom stereocenters. The molecule has 6 heteroatoms. The van der Waals surface area contributed by atoms with E-state index in [0.717, 1.165) is 17.8 Å². The molecule has 5 nitrogen and oxygen atoms in total. The zero-order valence-electron chi connectivity index (χ0n) is 11.5. The Kier molecular flexibility index (Phi) is 4.28. The average Bonchev–Trinajstić information content (AvgIpc) is 2.97. The molecule has 1 saturated heterocycles. The van der Waals surface area contributed by atoms with Crippen LogP contribution in [0.3, 0.4) is 0 Å². The van der Waals surface area contributed by atoms with Crippen LogP contribution in [-0.4, -0.2) is 47.4 Å². The highest BCUT2D eigenvalue weighted by atomic mass is 19.1. The lowest BCUT2D eigenvalue weighted by molar-refractivity contribution is -0.0317. The SMILES string of the molecule is OCC1COCCN1Cc1coc(-c2ccc(F)cc2)n1. The maximum Gasteiger partial charge on any atom is 0.226 e. The molecule has 1 fully saturated rings.